The zero-order valence-corrected chi connectivity index (χ0v) is 14.6. The van der Waals surface area contributed by atoms with Crippen molar-refractivity contribution in [3.63, 3.8) is 0 Å². The van der Waals surface area contributed by atoms with Crippen molar-refractivity contribution >= 4 is 32.6 Å². The van der Waals surface area contributed by atoms with Gasteiger partial charge in [0.2, 0.25) is 10.0 Å². The molecule has 2 N–H and O–H groups in total. The van der Waals surface area contributed by atoms with E-state index in [2.05, 4.69) is 34.7 Å². The van der Waals surface area contributed by atoms with Gasteiger partial charge in [0.1, 0.15) is 0 Å². The average Bonchev–Trinajstić information content (AvgIpc) is 2.38. The summed E-state index contributed by atoms with van der Waals surface area (Å²) in [6.07, 6.45) is 0.824. The van der Waals surface area contributed by atoms with Crippen molar-refractivity contribution < 1.29 is 13.2 Å². The largest absolute Gasteiger partial charge is 0.381 e. The Kier molecular flexibility index (Phi) is 4.78. The molecule has 0 saturated carbocycles. The molecule has 0 bridgehead atoms. The maximum Gasteiger partial charge on any atom is 0.214 e. The number of hydrogen-bond acceptors (Lipinski definition) is 3. The highest BCUT2D eigenvalue weighted by molar-refractivity contribution is 14.1. The van der Waals surface area contributed by atoms with Gasteiger partial charge in [-0.05, 0) is 66.5 Å². The van der Waals surface area contributed by atoms with E-state index < -0.39 is 14.8 Å². The van der Waals surface area contributed by atoms with Crippen LogP contribution in [0.4, 0.5) is 0 Å². The minimum atomic E-state index is -3.63. The first-order valence-electron chi connectivity index (χ1n) is 6.59. The number of primary sulfonamides is 1. The van der Waals surface area contributed by atoms with Crippen LogP contribution in [0.15, 0.2) is 24.3 Å². The van der Waals surface area contributed by atoms with E-state index in [1.54, 1.807) is 13.8 Å². The Bertz CT molecular complexity index is 569. The number of rotatable bonds is 3. The second-order valence-electron chi connectivity index (χ2n) is 5.78. The molecule has 2 rings (SSSR count). The Hall–Kier alpha value is -0.180. The second kappa shape index (κ2) is 5.90. The molecule has 0 amide bonds. The maximum atomic E-state index is 11.9. The normalized spacial score (nSPS) is 24.6. The van der Waals surface area contributed by atoms with Crippen molar-refractivity contribution in [1.82, 2.24) is 0 Å². The van der Waals surface area contributed by atoms with E-state index >= 15 is 0 Å². The van der Waals surface area contributed by atoms with Crippen molar-refractivity contribution in [3.05, 3.63) is 33.4 Å². The van der Waals surface area contributed by atoms with Gasteiger partial charge in [0.05, 0.1) is 11.4 Å². The summed E-state index contributed by atoms with van der Waals surface area (Å²) in [5, 5.41) is 5.42. The molecule has 1 aromatic rings. The Morgan fingerprint density at radius 2 is 1.90 bits per heavy atom. The third-order valence-corrected chi connectivity index (χ3v) is 6.77. The number of hydrogen-bond donors (Lipinski definition) is 1. The number of benzene rings is 1. The summed E-state index contributed by atoms with van der Waals surface area (Å²) in [7, 11) is -3.63. The molecule has 0 aromatic heterocycles. The van der Waals surface area contributed by atoms with Gasteiger partial charge in [-0.3, -0.25) is 0 Å². The van der Waals surface area contributed by atoms with Gasteiger partial charge in [0.25, 0.3) is 0 Å². The molecule has 1 aromatic carbocycles. The molecule has 20 heavy (non-hydrogen) atoms. The summed E-state index contributed by atoms with van der Waals surface area (Å²) in [6, 6.07) is 8.24. The zero-order valence-electron chi connectivity index (χ0n) is 11.7. The molecule has 2 atom stereocenters. The first kappa shape index (κ1) is 16.2. The standard InChI is InChI=1S/C14H20INO3S/c1-14(2,20(16,17)18)13-9-19-8-7-12(13)10-3-5-11(15)6-4-10/h3-6,12-13H,7-9H2,1-2H3,(H2,16,17,18)/t12-,13+/m0/s1. The van der Waals surface area contributed by atoms with Crippen molar-refractivity contribution in [2.75, 3.05) is 13.2 Å². The van der Waals surface area contributed by atoms with Crippen LogP contribution in [0.5, 0.6) is 0 Å². The summed E-state index contributed by atoms with van der Waals surface area (Å²) in [5.74, 6) is 0.0281. The van der Waals surface area contributed by atoms with E-state index in [0.717, 1.165) is 12.0 Å². The number of sulfonamides is 1. The lowest BCUT2D eigenvalue weighted by atomic mass is 9.76. The summed E-state index contributed by atoms with van der Waals surface area (Å²) in [5.41, 5.74) is 1.16. The molecular formula is C14H20INO3S. The van der Waals surface area contributed by atoms with Crippen molar-refractivity contribution in [2.24, 2.45) is 11.1 Å². The smallest absolute Gasteiger partial charge is 0.214 e. The lowest BCUT2D eigenvalue weighted by molar-refractivity contribution is 0.0272. The SMILES string of the molecule is CC(C)([C@@H]1COCC[C@H]1c1ccc(I)cc1)S(N)(=O)=O. The van der Waals surface area contributed by atoms with Crippen LogP contribution in [-0.2, 0) is 14.8 Å². The van der Waals surface area contributed by atoms with Gasteiger partial charge < -0.3 is 4.74 Å². The highest BCUT2D eigenvalue weighted by Crippen LogP contribution is 2.41. The van der Waals surface area contributed by atoms with Crippen LogP contribution >= 0.6 is 22.6 Å². The molecule has 112 valence electrons. The molecule has 0 spiro atoms. The lowest BCUT2D eigenvalue weighted by Crippen LogP contribution is -2.50. The number of halogens is 1. The van der Waals surface area contributed by atoms with Gasteiger partial charge >= 0.3 is 0 Å². The van der Waals surface area contributed by atoms with Gasteiger partial charge in [0.15, 0.2) is 0 Å². The van der Waals surface area contributed by atoms with Gasteiger partial charge in [-0.25, -0.2) is 13.6 Å². The fourth-order valence-electron chi connectivity index (χ4n) is 2.74. The minimum absolute atomic E-state index is 0.133. The summed E-state index contributed by atoms with van der Waals surface area (Å²) < 4.78 is 29.5. The Balaban J connectivity index is 2.37. The molecule has 4 nitrogen and oxygen atoms in total. The highest BCUT2D eigenvalue weighted by Gasteiger charge is 2.45. The lowest BCUT2D eigenvalue weighted by Gasteiger charge is -2.40. The Morgan fingerprint density at radius 3 is 2.45 bits per heavy atom. The third-order valence-electron chi connectivity index (χ3n) is 4.28. The number of nitrogens with two attached hydrogens (primary N) is 1. The van der Waals surface area contributed by atoms with E-state index in [1.165, 1.54) is 3.57 Å². The first-order chi connectivity index (χ1) is 9.23. The Morgan fingerprint density at radius 1 is 1.30 bits per heavy atom. The summed E-state index contributed by atoms with van der Waals surface area (Å²) in [6.45, 7) is 4.48. The fourth-order valence-corrected chi connectivity index (χ4v) is 3.76. The predicted octanol–water partition coefficient (Wildman–Crippen LogP) is 2.48. The van der Waals surface area contributed by atoms with Gasteiger partial charge in [-0.1, -0.05) is 12.1 Å². The van der Waals surface area contributed by atoms with E-state index in [-0.39, 0.29) is 11.8 Å². The van der Waals surface area contributed by atoms with E-state index in [1.807, 2.05) is 12.1 Å². The maximum absolute atomic E-state index is 11.9. The van der Waals surface area contributed by atoms with Crippen LogP contribution in [0.25, 0.3) is 0 Å². The van der Waals surface area contributed by atoms with Crippen LogP contribution in [0.2, 0.25) is 0 Å². The molecule has 1 saturated heterocycles. The van der Waals surface area contributed by atoms with Crippen molar-refractivity contribution in [2.45, 2.75) is 30.9 Å². The van der Waals surface area contributed by atoms with Crippen LogP contribution < -0.4 is 5.14 Å². The first-order valence-corrected chi connectivity index (χ1v) is 9.21. The van der Waals surface area contributed by atoms with Gasteiger partial charge in [0, 0.05) is 16.1 Å². The van der Waals surface area contributed by atoms with Gasteiger partial charge in [-0.15, -0.1) is 0 Å². The minimum Gasteiger partial charge on any atom is -0.381 e. The van der Waals surface area contributed by atoms with Crippen molar-refractivity contribution in [3.8, 4) is 0 Å². The van der Waals surface area contributed by atoms with Crippen LogP contribution in [0.1, 0.15) is 31.7 Å². The highest BCUT2D eigenvalue weighted by atomic mass is 127. The summed E-state index contributed by atoms with van der Waals surface area (Å²) in [4.78, 5) is 0. The predicted molar refractivity (Wildman–Crippen MR) is 88.0 cm³/mol. The Labute approximate surface area is 134 Å². The van der Waals surface area contributed by atoms with Crippen LogP contribution in [0.3, 0.4) is 0 Å². The van der Waals surface area contributed by atoms with Crippen molar-refractivity contribution in [1.29, 1.82) is 0 Å². The molecule has 0 radical (unpaired) electrons. The molecule has 0 aliphatic carbocycles. The molecule has 6 heteroatoms. The van der Waals surface area contributed by atoms with E-state index in [9.17, 15) is 8.42 Å². The monoisotopic (exact) mass is 409 g/mol. The number of ether oxygens (including phenoxy) is 1. The average molecular weight is 409 g/mol. The molecular weight excluding hydrogens is 389 g/mol. The van der Waals surface area contributed by atoms with Crippen LogP contribution in [0, 0.1) is 9.49 Å². The summed E-state index contributed by atoms with van der Waals surface area (Å²) >= 11 is 2.26. The molecule has 1 heterocycles. The topological polar surface area (TPSA) is 69.4 Å². The molecule has 0 unspecified atom stereocenters. The molecule has 1 aliphatic heterocycles. The molecule has 1 fully saturated rings. The van der Waals surface area contributed by atoms with Gasteiger partial charge in [-0.2, -0.15) is 0 Å². The van der Waals surface area contributed by atoms with Crippen LogP contribution in [-0.4, -0.2) is 26.4 Å². The second-order valence-corrected chi connectivity index (χ2v) is 9.16. The quantitative estimate of drug-likeness (QED) is 0.780. The van der Waals surface area contributed by atoms with E-state index in [0.29, 0.717) is 13.2 Å². The molecule has 1 aliphatic rings. The van der Waals surface area contributed by atoms with E-state index in [4.69, 9.17) is 9.88 Å². The fraction of sp³-hybridized carbons (Fsp3) is 0.571. The third kappa shape index (κ3) is 3.18. The zero-order chi connectivity index (χ0) is 15.0.